The second-order valence-electron chi connectivity index (χ2n) is 6.18. The smallest absolute Gasteiger partial charge is 0.315 e. The molecule has 0 atom stereocenters. The Bertz CT molecular complexity index is 736. The van der Waals surface area contributed by atoms with Crippen LogP contribution in [0.5, 0.6) is 5.75 Å². The highest BCUT2D eigenvalue weighted by atomic mass is 35.5. The number of hydrogen-bond acceptors (Lipinski definition) is 4. The topological polar surface area (TPSA) is 53.6 Å². The molecule has 7 heteroatoms. The van der Waals surface area contributed by atoms with Crippen molar-refractivity contribution in [2.24, 2.45) is 0 Å². The molecule has 3 rings (SSSR count). The molecular formula is C20H24ClN3O2S. The summed E-state index contributed by atoms with van der Waals surface area (Å²) in [6, 6.07) is 15.4. The van der Waals surface area contributed by atoms with Crippen molar-refractivity contribution in [2.75, 3.05) is 42.6 Å². The van der Waals surface area contributed by atoms with Crippen LogP contribution in [0.15, 0.2) is 48.5 Å². The lowest BCUT2D eigenvalue weighted by atomic mass is 10.2. The molecule has 0 bridgehead atoms. The maximum absolute atomic E-state index is 11.9. The van der Waals surface area contributed by atoms with Gasteiger partial charge in [-0.2, -0.15) is 11.8 Å². The summed E-state index contributed by atoms with van der Waals surface area (Å²) in [5, 5.41) is 6.27. The maximum Gasteiger partial charge on any atom is 0.315 e. The van der Waals surface area contributed by atoms with Crippen LogP contribution in [0.4, 0.5) is 10.5 Å². The molecule has 0 radical (unpaired) electrons. The predicted octanol–water partition coefficient (Wildman–Crippen LogP) is 3.77. The molecule has 1 saturated heterocycles. The number of carbonyl (C=O) groups is 1. The molecule has 0 spiro atoms. The Balaban J connectivity index is 1.34. The number of rotatable bonds is 7. The van der Waals surface area contributed by atoms with Crippen LogP contribution in [0.3, 0.4) is 0 Å². The number of halogens is 1. The van der Waals surface area contributed by atoms with E-state index in [1.807, 2.05) is 23.9 Å². The Labute approximate surface area is 169 Å². The van der Waals surface area contributed by atoms with Gasteiger partial charge in [-0.25, -0.2) is 4.79 Å². The summed E-state index contributed by atoms with van der Waals surface area (Å²) in [7, 11) is 0. The third-order valence-corrected chi connectivity index (χ3v) is 5.40. The fourth-order valence-electron chi connectivity index (χ4n) is 2.78. The van der Waals surface area contributed by atoms with Gasteiger partial charge < -0.3 is 20.3 Å². The molecule has 1 heterocycles. The van der Waals surface area contributed by atoms with Gasteiger partial charge in [-0.3, -0.25) is 0 Å². The summed E-state index contributed by atoms with van der Waals surface area (Å²) < 4.78 is 5.54. The van der Waals surface area contributed by atoms with Crippen molar-refractivity contribution in [1.29, 1.82) is 0 Å². The van der Waals surface area contributed by atoms with E-state index in [9.17, 15) is 4.79 Å². The predicted molar refractivity (Wildman–Crippen MR) is 113 cm³/mol. The Morgan fingerprint density at radius 3 is 2.63 bits per heavy atom. The average Bonchev–Trinajstić information content (AvgIpc) is 2.71. The van der Waals surface area contributed by atoms with E-state index in [1.54, 1.807) is 12.1 Å². The first-order chi connectivity index (χ1) is 13.2. The van der Waals surface area contributed by atoms with Crippen molar-refractivity contribution in [1.82, 2.24) is 10.6 Å². The van der Waals surface area contributed by atoms with Gasteiger partial charge in [-0.05, 0) is 35.9 Å². The lowest BCUT2D eigenvalue weighted by Crippen LogP contribution is -2.37. The second kappa shape index (κ2) is 10.3. The van der Waals surface area contributed by atoms with Crippen molar-refractivity contribution < 1.29 is 9.53 Å². The Kier molecular flexibility index (Phi) is 7.54. The average molecular weight is 406 g/mol. The zero-order chi connectivity index (χ0) is 18.9. The van der Waals surface area contributed by atoms with Crippen LogP contribution in [0.25, 0.3) is 0 Å². The number of ether oxygens (including phenoxy) is 1. The van der Waals surface area contributed by atoms with Crippen LogP contribution in [0.2, 0.25) is 5.02 Å². The minimum absolute atomic E-state index is 0.207. The lowest BCUT2D eigenvalue weighted by Gasteiger charge is -2.28. The quantitative estimate of drug-likeness (QED) is 0.688. The minimum atomic E-state index is -0.207. The van der Waals surface area contributed by atoms with Crippen LogP contribution in [0, 0.1) is 0 Å². The molecule has 0 aromatic heterocycles. The van der Waals surface area contributed by atoms with E-state index < -0.39 is 0 Å². The molecular weight excluding hydrogens is 382 g/mol. The number of amides is 2. The minimum Gasteiger partial charge on any atom is -0.492 e. The van der Waals surface area contributed by atoms with Gasteiger partial charge >= 0.3 is 6.03 Å². The molecule has 2 amide bonds. The van der Waals surface area contributed by atoms with E-state index in [0.29, 0.717) is 30.5 Å². The Morgan fingerprint density at radius 2 is 1.89 bits per heavy atom. The van der Waals surface area contributed by atoms with Crippen LogP contribution < -0.4 is 20.3 Å². The molecule has 27 heavy (non-hydrogen) atoms. The number of urea groups is 1. The summed E-state index contributed by atoms with van der Waals surface area (Å²) in [6.45, 7) is 3.50. The van der Waals surface area contributed by atoms with Crippen molar-refractivity contribution >= 4 is 35.1 Å². The fraction of sp³-hybridized carbons (Fsp3) is 0.350. The molecule has 144 valence electrons. The number of benzene rings is 2. The van der Waals surface area contributed by atoms with Gasteiger partial charge in [0.05, 0.1) is 6.54 Å². The van der Waals surface area contributed by atoms with Gasteiger partial charge in [0.1, 0.15) is 12.4 Å². The van der Waals surface area contributed by atoms with Gasteiger partial charge in [0.2, 0.25) is 0 Å². The maximum atomic E-state index is 11.9. The van der Waals surface area contributed by atoms with Crippen LogP contribution >= 0.6 is 23.4 Å². The highest BCUT2D eigenvalue weighted by molar-refractivity contribution is 7.99. The molecule has 2 aromatic rings. The van der Waals surface area contributed by atoms with E-state index in [-0.39, 0.29) is 6.03 Å². The normalized spacial score (nSPS) is 13.9. The molecule has 1 aliphatic rings. The SMILES string of the molecule is O=C(NCCOc1cccc(Cl)c1)NCc1ccc(N2CCSCC2)cc1. The first-order valence-electron chi connectivity index (χ1n) is 9.02. The van der Waals surface area contributed by atoms with E-state index in [4.69, 9.17) is 16.3 Å². The number of anilines is 1. The number of thioether (sulfide) groups is 1. The number of hydrogen-bond donors (Lipinski definition) is 2. The molecule has 5 nitrogen and oxygen atoms in total. The van der Waals surface area contributed by atoms with Crippen molar-refractivity contribution in [3.05, 3.63) is 59.1 Å². The number of nitrogens with one attached hydrogen (secondary N) is 2. The van der Waals surface area contributed by atoms with E-state index in [0.717, 1.165) is 18.7 Å². The van der Waals surface area contributed by atoms with Gasteiger partial charge in [-0.1, -0.05) is 29.8 Å². The standard InChI is InChI=1S/C20H24ClN3O2S/c21-17-2-1-3-19(14-17)26-11-8-22-20(25)23-15-16-4-6-18(7-5-16)24-9-12-27-13-10-24/h1-7,14H,8-13,15H2,(H2,22,23,25). The van der Waals surface area contributed by atoms with Crippen molar-refractivity contribution in [2.45, 2.75) is 6.54 Å². The lowest BCUT2D eigenvalue weighted by molar-refractivity contribution is 0.236. The number of nitrogens with zero attached hydrogens (tertiary/aromatic N) is 1. The second-order valence-corrected chi connectivity index (χ2v) is 7.84. The molecule has 0 unspecified atom stereocenters. The molecule has 2 aromatic carbocycles. The third-order valence-electron chi connectivity index (χ3n) is 4.22. The zero-order valence-electron chi connectivity index (χ0n) is 15.1. The zero-order valence-corrected chi connectivity index (χ0v) is 16.7. The highest BCUT2D eigenvalue weighted by Crippen LogP contribution is 2.20. The van der Waals surface area contributed by atoms with Gasteiger partial charge in [-0.15, -0.1) is 0 Å². The van der Waals surface area contributed by atoms with Crippen molar-refractivity contribution in [3.63, 3.8) is 0 Å². The first-order valence-corrected chi connectivity index (χ1v) is 10.6. The third kappa shape index (κ3) is 6.56. The molecule has 1 aliphatic heterocycles. The van der Waals surface area contributed by atoms with Crippen LogP contribution in [-0.4, -0.2) is 43.8 Å². The van der Waals surface area contributed by atoms with Gasteiger partial charge in [0.15, 0.2) is 0 Å². The van der Waals surface area contributed by atoms with Gasteiger partial charge in [0, 0.05) is 41.8 Å². The number of carbonyl (C=O) groups excluding carboxylic acids is 1. The van der Waals surface area contributed by atoms with Crippen LogP contribution in [-0.2, 0) is 6.54 Å². The van der Waals surface area contributed by atoms with E-state index in [2.05, 4.69) is 39.8 Å². The van der Waals surface area contributed by atoms with Crippen molar-refractivity contribution in [3.8, 4) is 5.75 Å². The van der Waals surface area contributed by atoms with Crippen LogP contribution in [0.1, 0.15) is 5.56 Å². The summed E-state index contributed by atoms with van der Waals surface area (Å²) in [4.78, 5) is 14.3. The van der Waals surface area contributed by atoms with E-state index in [1.165, 1.54) is 17.2 Å². The highest BCUT2D eigenvalue weighted by Gasteiger charge is 2.10. The summed E-state index contributed by atoms with van der Waals surface area (Å²) in [5.74, 6) is 3.06. The van der Waals surface area contributed by atoms with E-state index >= 15 is 0 Å². The summed E-state index contributed by atoms with van der Waals surface area (Å²) >= 11 is 7.90. The Morgan fingerprint density at radius 1 is 1.11 bits per heavy atom. The Hall–Kier alpha value is -2.05. The molecule has 1 fully saturated rings. The summed E-state index contributed by atoms with van der Waals surface area (Å²) in [5.41, 5.74) is 2.33. The molecule has 0 saturated carbocycles. The van der Waals surface area contributed by atoms with Gasteiger partial charge in [0.25, 0.3) is 0 Å². The molecule has 0 aliphatic carbocycles. The first kappa shape index (κ1) is 19.7. The largest absolute Gasteiger partial charge is 0.492 e. The summed E-state index contributed by atoms with van der Waals surface area (Å²) in [6.07, 6.45) is 0. The monoisotopic (exact) mass is 405 g/mol. The molecule has 2 N–H and O–H groups in total. The fourth-order valence-corrected chi connectivity index (χ4v) is 3.86.